The molecule has 1 fully saturated rings. The predicted octanol–water partition coefficient (Wildman–Crippen LogP) is 3.18. The Kier molecular flexibility index (Phi) is 5.09. The van der Waals surface area contributed by atoms with E-state index in [1.807, 2.05) is 0 Å². The summed E-state index contributed by atoms with van der Waals surface area (Å²) in [5.41, 5.74) is 2.90. The summed E-state index contributed by atoms with van der Waals surface area (Å²) in [5.74, 6) is 0.964. The standard InChI is InChI=1S/C17H25NO2S/c1-18-17-15-11-13(19-2)5-3-12(15)4-6-16(17)21-14-7-9-20-10-8-14/h3,5,11,14,16-18H,4,6-10H2,1-2H3. The van der Waals surface area contributed by atoms with E-state index in [-0.39, 0.29) is 0 Å². The number of hydrogen-bond acceptors (Lipinski definition) is 4. The van der Waals surface area contributed by atoms with Gasteiger partial charge < -0.3 is 14.8 Å². The minimum Gasteiger partial charge on any atom is -0.497 e. The number of benzene rings is 1. The van der Waals surface area contributed by atoms with E-state index in [1.54, 1.807) is 7.11 Å². The van der Waals surface area contributed by atoms with Crippen LogP contribution in [0.3, 0.4) is 0 Å². The van der Waals surface area contributed by atoms with E-state index in [2.05, 4.69) is 42.3 Å². The van der Waals surface area contributed by atoms with Crippen LogP contribution in [0.2, 0.25) is 0 Å². The molecule has 3 nitrogen and oxygen atoms in total. The first-order chi connectivity index (χ1) is 10.3. The average molecular weight is 307 g/mol. The Morgan fingerprint density at radius 3 is 2.76 bits per heavy atom. The largest absolute Gasteiger partial charge is 0.497 e. The number of nitrogens with one attached hydrogen (secondary N) is 1. The van der Waals surface area contributed by atoms with Crippen molar-refractivity contribution in [3.8, 4) is 5.75 Å². The quantitative estimate of drug-likeness (QED) is 0.925. The van der Waals surface area contributed by atoms with Crippen molar-refractivity contribution in [2.24, 2.45) is 0 Å². The van der Waals surface area contributed by atoms with Crippen molar-refractivity contribution < 1.29 is 9.47 Å². The van der Waals surface area contributed by atoms with Gasteiger partial charge in [-0.2, -0.15) is 11.8 Å². The van der Waals surface area contributed by atoms with Crippen LogP contribution in [0.4, 0.5) is 0 Å². The number of thioether (sulfide) groups is 1. The van der Waals surface area contributed by atoms with Gasteiger partial charge in [-0.1, -0.05) is 6.07 Å². The molecular weight excluding hydrogens is 282 g/mol. The van der Waals surface area contributed by atoms with E-state index in [0.29, 0.717) is 11.3 Å². The fourth-order valence-electron chi connectivity index (χ4n) is 3.43. The van der Waals surface area contributed by atoms with Crippen molar-refractivity contribution in [2.45, 2.75) is 42.2 Å². The van der Waals surface area contributed by atoms with Gasteiger partial charge in [-0.25, -0.2) is 0 Å². The van der Waals surface area contributed by atoms with Crippen LogP contribution in [0.25, 0.3) is 0 Å². The molecule has 0 spiro atoms. The molecule has 0 bridgehead atoms. The third-order valence-electron chi connectivity index (χ3n) is 4.60. The lowest BCUT2D eigenvalue weighted by atomic mass is 9.87. The normalized spacial score (nSPS) is 26.4. The number of hydrogen-bond donors (Lipinski definition) is 1. The fourth-order valence-corrected chi connectivity index (χ4v) is 5.08. The molecule has 1 aliphatic carbocycles. The maximum atomic E-state index is 5.48. The Labute approximate surface area is 131 Å². The summed E-state index contributed by atoms with van der Waals surface area (Å²) < 4.78 is 10.9. The molecule has 4 heteroatoms. The van der Waals surface area contributed by atoms with E-state index in [9.17, 15) is 0 Å². The molecule has 1 N–H and O–H groups in total. The number of rotatable bonds is 4. The molecule has 1 saturated heterocycles. The zero-order valence-electron chi connectivity index (χ0n) is 12.9. The Morgan fingerprint density at radius 2 is 2.05 bits per heavy atom. The van der Waals surface area contributed by atoms with Gasteiger partial charge in [0.15, 0.2) is 0 Å². The molecule has 3 rings (SSSR count). The minimum absolute atomic E-state index is 0.427. The van der Waals surface area contributed by atoms with Crippen LogP contribution in [-0.2, 0) is 11.2 Å². The Hall–Kier alpha value is -0.710. The average Bonchev–Trinajstić information content (AvgIpc) is 2.55. The first-order valence-corrected chi connectivity index (χ1v) is 8.83. The second-order valence-corrected chi connectivity index (χ2v) is 7.40. The summed E-state index contributed by atoms with van der Waals surface area (Å²) in [4.78, 5) is 0. The smallest absolute Gasteiger partial charge is 0.119 e. The SMILES string of the molecule is CNC1c2cc(OC)ccc2CCC1SC1CCOCC1. The van der Waals surface area contributed by atoms with E-state index in [0.717, 1.165) is 24.2 Å². The van der Waals surface area contributed by atoms with Gasteiger partial charge in [-0.3, -0.25) is 0 Å². The van der Waals surface area contributed by atoms with Crippen LogP contribution >= 0.6 is 11.8 Å². The minimum atomic E-state index is 0.427. The van der Waals surface area contributed by atoms with E-state index in [1.165, 1.54) is 36.8 Å². The first kappa shape index (κ1) is 15.2. The lowest BCUT2D eigenvalue weighted by Crippen LogP contribution is -2.34. The van der Waals surface area contributed by atoms with Crippen molar-refractivity contribution in [3.05, 3.63) is 29.3 Å². The van der Waals surface area contributed by atoms with Crippen molar-refractivity contribution in [1.29, 1.82) is 0 Å². The monoisotopic (exact) mass is 307 g/mol. The highest BCUT2D eigenvalue weighted by Gasteiger charge is 2.31. The maximum absolute atomic E-state index is 5.48. The van der Waals surface area contributed by atoms with Gasteiger partial charge in [0.25, 0.3) is 0 Å². The predicted molar refractivity (Wildman–Crippen MR) is 88.3 cm³/mol. The Morgan fingerprint density at radius 1 is 1.24 bits per heavy atom. The molecule has 2 unspecified atom stereocenters. The summed E-state index contributed by atoms with van der Waals surface area (Å²) in [6.07, 6.45) is 4.83. The van der Waals surface area contributed by atoms with Crippen molar-refractivity contribution in [2.75, 3.05) is 27.4 Å². The second kappa shape index (κ2) is 7.03. The number of ether oxygens (including phenoxy) is 2. The molecule has 0 aromatic heterocycles. The Balaban J connectivity index is 1.76. The number of fused-ring (bicyclic) bond motifs is 1. The summed E-state index contributed by atoms with van der Waals surface area (Å²) in [6.45, 7) is 1.86. The topological polar surface area (TPSA) is 30.5 Å². The van der Waals surface area contributed by atoms with Gasteiger partial charge >= 0.3 is 0 Å². The van der Waals surface area contributed by atoms with E-state index < -0.39 is 0 Å². The number of aryl methyl sites for hydroxylation is 1. The molecule has 1 aromatic carbocycles. The van der Waals surface area contributed by atoms with Crippen LogP contribution < -0.4 is 10.1 Å². The van der Waals surface area contributed by atoms with Crippen molar-refractivity contribution >= 4 is 11.8 Å². The molecule has 116 valence electrons. The van der Waals surface area contributed by atoms with Gasteiger partial charge in [-0.05, 0) is 56.0 Å². The summed E-state index contributed by atoms with van der Waals surface area (Å²) in [6, 6.07) is 6.95. The van der Waals surface area contributed by atoms with Gasteiger partial charge in [0, 0.05) is 29.8 Å². The van der Waals surface area contributed by atoms with Crippen LogP contribution in [0, 0.1) is 0 Å². The van der Waals surface area contributed by atoms with E-state index >= 15 is 0 Å². The summed E-state index contributed by atoms with van der Waals surface area (Å²) in [7, 11) is 3.82. The molecule has 1 aromatic rings. The van der Waals surface area contributed by atoms with Gasteiger partial charge in [0.2, 0.25) is 0 Å². The highest BCUT2D eigenvalue weighted by Crippen LogP contribution is 2.41. The van der Waals surface area contributed by atoms with Gasteiger partial charge in [-0.15, -0.1) is 0 Å². The van der Waals surface area contributed by atoms with Gasteiger partial charge in [0.1, 0.15) is 5.75 Å². The van der Waals surface area contributed by atoms with Crippen LogP contribution in [0.15, 0.2) is 18.2 Å². The molecule has 21 heavy (non-hydrogen) atoms. The van der Waals surface area contributed by atoms with Gasteiger partial charge in [0.05, 0.1) is 7.11 Å². The maximum Gasteiger partial charge on any atom is 0.119 e. The molecule has 0 saturated carbocycles. The summed E-state index contributed by atoms with van der Waals surface area (Å²) >= 11 is 2.17. The van der Waals surface area contributed by atoms with E-state index in [4.69, 9.17) is 9.47 Å². The third kappa shape index (κ3) is 3.38. The Bertz CT molecular complexity index is 474. The van der Waals surface area contributed by atoms with Crippen LogP contribution in [0.1, 0.15) is 36.4 Å². The second-order valence-electron chi connectivity index (χ2n) is 5.86. The molecule has 0 amide bonds. The third-order valence-corrected chi connectivity index (χ3v) is 6.32. The molecule has 1 aliphatic heterocycles. The molecule has 0 radical (unpaired) electrons. The van der Waals surface area contributed by atoms with Crippen molar-refractivity contribution in [1.82, 2.24) is 5.32 Å². The van der Waals surface area contributed by atoms with Crippen LogP contribution in [0.5, 0.6) is 5.75 Å². The number of methoxy groups -OCH3 is 1. The summed E-state index contributed by atoms with van der Waals surface area (Å²) in [5, 5.41) is 4.95. The fraction of sp³-hybridized carbons (Fsp3) is 0.647. The molecular formula is C17H25NO2S. The lowest BCUT2D eigenvalue weighted by Gasteiger charge is -2.36. The molecule has 1 heterocycles. The van der Waals surface area contributed by atoms with Crippen molar-refractivity contribution in [3.63, 3.8) is 0 Å². The lowest BCUT2D eigenvalue weighted by molar-refractivity contribution is 0.0998. The molecule has 2 aliphatic rings. The highest BCUT2D eigenvalue weighted by molar-refractivity contribution is 8.00. The zero-order chi connectivity index (χ0) is 14.7. The zero-order valence-corrected chi connectivity index (χ0v) is 13.7. The first-order valence-electron chi connectivity index (χ1n) is 7.89. The van der Waals surface area contributed by atoms with Crippen LogP contribution in [-0.4, -0.2) is 37.9 Å². The highest BCUT2D eigenvalue weighted by atomic mass is 32.2. The molecule has 2 atom stereocenters.